The van der Waals surface area contributed by atoms with E-state index in [1.807, 2.05) is 13.0 Å². The third kappa shape index (κ3) is 3.20. The molecule has 20 heavy (non-hydrogen) atoms. The zero-order chi connectivity index (χ0) is 14.7. The van der Waals surface area contributed by atoms with Crippen molar-refractivity contribution in [2.24, 2.45) is 0 Å². The number of hydrogen-bond donors (Lipinski definition) is 1. The molecule has 0 saturated heterocycles. The first-order chi connectivity index (χ1) is 9.47. The molecular formula is C16H18N2O2. The van der Waals surface area contributed by atoms with Crippen LogP contribution in [0.25, 0.3) is 11.3 Å². The van der Waals surface area contributed by atoms with E-state index in [0.29, 0.717) is 11.7 Å². The van der Waals surface area contributed by atoms with Crippen LogP contribution in [-0.4, -0.2) is 21.0 Å². The molecule has 0 amide bonds. The Hall–Kier alpha value is -2.23. The van der Waals surface area contributed by atoms with Crippen LogP contribution in [0.4, 0.5) is 0 Å². The fraction of sp³-hybridized carbons (Fsp3) is 0.312. The van der Waals surface area contributed by atoms with E-state index >= 15 is 0 Å². The van der Waals surface area contributed by atoms with Crippen molar-refractivity contribution in [1.82, 2.24) is 9.97 Å². The quantitative estimate of drug-likeness (QED) is 0.926. The maximum absolute atomic E-state index is 10.7. The number of nitrogens with zero attached hydrogens (tertiary/aromatic N) is 2. The van der Waals surface area contributed by atoms with Crippen LogP contribution in [0.1, 0.15) is 36.7 Å². The topological polar surface area (TPSA) is 63.1 Å². The summed E-state index contributed by atoms with van der Waals surface area (Å²) in [5.41, 5.74) is 4.17. The fourth-order valence-corrected chi connectivity index (χ4v) is 2.04. The maximum Gasteiger partial charge on any atom is 0.311 e. The molecule has 0 fully saturated rings. The van der Waals surface area contributed by atoms with Gasteiger partial charge in [-0.2, -0.15) is 0 Å². The molecule has 1 aromatic carbocycles. The van der Waals surface area contributed by atoms with Crippen LogP contribution in [0.15, 0.2) is 30.5 Å². The van der Waals surface area contributed by atoms with E-state index in [9.17, 15) is 4.79 Å². The van der Waals surface area contributed by atoms with E-state index in [-0.39, 0.29) is 6.42 Å². The molecular weight excluding hydrogens is 252 g/mol. The van der Waals surface area contributed by atoms with Gasteiger partial charge in [0.05, 0.1) is 5.69 Å². The molecule has 4 nitrogen and oxygen atoms in total. The zero-order valence-electron chi connectivity index (χ0n) is 11.9. The Morgan fingerprint density at radius 2 is 2.05 bits per heavy atom. The fourth-order valence-electron chi connectivity index (χ4n) is 2.04. The van der Waals surface area contributed by atoms with Gasteiger partial charge in [0.25, 0.3) is 0 Å². The lowest BCUT2D eigenvalue weighted by Gasteiger charge is -2.11. The molecule has 0 atom stereocenters. The Labute approximate surface area is 118 Å². The highest BCUT2D eigenvalue weighted by Gasteiger charge is 2.09. The van der Waals surface area contributed by atoms with Gasteiger partial charge in [0.1, 0.15) is 12.2 Å². The van der Waals surface area contributed by atoms with Crippen molar-refractivity contribution in [2.75, 3.05) is 0 Å². The van der Waals surface area contributed by atoms with E-state index < -0.39 is 5.97 Å². The monoisotopic (exact) mass is 270 g/mol. The van der Waals surface area contributed by atoms with E-state index in [2.05, 4.69) is 42.0 Å². The number of aromatic nitrogens is 2. The Kier molecular flexibility index (Phi) is 4.13. The van der Waals surface area contributed by atoms with Gasteiger partial charge in [0.2, 0.25) is 0 Å². The molecule has 0 spiro atoms. The first-order valence-electron chi connectivity index (χ1n) is 6.62. The summed E-state index contributed by atoms with van der Waals surface area (Å²) >= 11 is 0. The standard InChI is InChI=1S/C16H18N2O2/c1-10(2)12-5-4-11(3)13(8-12)14-6-7-17-15(18-14)9-16(19)20/h4-8,10H,9H2,1-3H3,(H,19,20). The highest BCUT2D eigenvalue weighted by atomic mass is 16.4. The highest BCUT2D eigenvalue weighted by molar-refractivity contribution is 5.70. The number of hydrogen-bond acceptors (Lipinski definition) is 3. The van der Waals surface area contributed by atoms with Gasteiger partial charge in [-0.15, -0.1) is 0 Å². The molecule has 0 unspecified atom stereocenters. The van der Waals surface area contributed by atoms with Crippen molar-refractivity contribution in [2.45, 2.75) is 33.1 Å². The van der Waals surface area contributed by atoms with Crippen molar-refractivity contribution >= 4 is 5.97 Å². The summed E-state index contributed by atoms with van der Waals surface area (Å²) in [5.74, 6) is -0.145. The predicted octanol–water partition coefficient (Wildman–Crippen LogP) is 3.20. The van der Waals surface area contributed by atoms with Gasteiger partial charge in [-0.05, 0) is 36.1 Å². The third-order valence-corrected chi connectivity index (χ3v) is 3.22. The predicted molar refractivity (Wildman–Crippen MR) is 77.6 cm³/mol. The van der Waals surface area contributed by atoms with Gasteiger partial charge in [0, 0.05) is 11.8 Å². The van der Waals surface area contributed by atoms with Crippen LogP contribution in [0.2, 0.25) is 0 Å². The minimum Gasteiger partial charge on any atom is -0.481 e. The summed E-state index contributed by atoms with van der Waals surface area (Å²) in [6.07, 6.45) is 1.46. The van der Waals surface area contributed by atoms with Crippen molar-refractivity contribution in [3.63, 3.8) is 0 Å². The summed E-state index contributed by atoms with van der Waals surface area (Å²) in [4.78, 5) is 19.1. The van der Waals surface area contributed by atoms with Crippen LogP contribution in [-0.2, 0) is 11.2 Å². The van der Waals surface area contributed by atoms with Crippen LogP contribution in [0, 0.1) is 6.92 Å². The van der Waals surface area contributed by atoms with Gasteiger partial charge in [0.15, 0.2) is 0 Å². The van der Waals surface area contributed by atoms with Crippen LogP contribution in [0.3, 0.4) is 0 Å². The molecule has 1 N–H and O–H groups in total. The van der Waals surface area contributed by atoms with Gasteiger partial charge < -0.3 is 5.11 Å². The van der Waals surface area contributed by atoms with Gasteiger partial charge >= 0.3 is 5.97 Å². The van der Waals surface area contributed by atoms with Crippen molar-refractivity contribution in [1.29, 1.82) is 0 Å². The number of aliphatic carboxylic acids is 1. The summed E-state index contributed by atoms with van der Waals surface area (Å²) < 4.78 is 0. The van der Waals surface area contributed by atoms with Crippen LogP contribution >= 0.6 is 0 Å². The molecule has 2 aromatic rings. The summed E-state index contributed by atoms with van der Waals surface area (Å²) in [5, 5.41) is 8.82. The molecule has 0 aliphatic heterocycles. The third-order valence-electron chi connectivity index (χ3n) is 3.22. The lowest BCUT2D eigenvalue weighted by Crippen LogP contribution is -2.05. The minimum absolute atomic E-state index is 0.156. The summed E-state index contributed by atoms with van der Waals surface area (Å²) in [6, 6.07) is 8.12. The molecule has 2 rings (SSSR count). The van der Waals surface area contributed by atoms with Gasteiger partial charge in [-0.3, -0.25) is 4.79 Å². The molecule has 4 heteroatoms. The zero-order valence-corrected chi connectivity index (χ0v) is 11.9. The van der Waals surface area contributed by atoms with Crippen molar-refractivity contribution < 1.29 is 9.90 Å². The number of rotatable bonds is 4. The van der Waals surface area contributed by atoms with E-state index in [0.717, 1.165) is 16.8 Å². The van der Waals surface area contributed by atoms with Crippen molar-refractivity contribution in [3.05, 3.63) is 47.4 Å². The second-order valence-electron chi connectivity index (χ2n) is 5.16. The Morgan fingerprint density at radius 1 is 1.30 bits per heavy atom. The van der Waals surface area contributed by atoms with E-state index in [1.54, 1.807) is 6.20 Å². The van der Waals surface area contributed by atoms with Gasteiger partial charge in [-0.25, -0.2) is 9.97 Å². The van der Waals surface area contributed by atoms with Crippen LogP contribution < -0.4 is 0 Å². The number of aryl methyl sites for hydroxylation is 1. The number of carbonyl (C=O) groups is 1. The molecule has 0 bridgehead atoms. The molecule has 0 aliphatic rings. The molecule has 0 saturated carbocycles. The Morgan fingerprint density at radius 3 is 2.70 bits per heavy atom. The average molecular weight is 270 g/mol. The van der Waals surface area contributed by atoms with Crippen LogP contribution in [0.5, 0.6) is 0 Å². The molecule has 0 radical (unpaired) electrons. The first kappa shape index (κ1) is 14.2. The minimum atomic E-state index is -0.921. The highest BCUT2D eigenvalue weighted by Crippen LogP contribution is 2.26. The van der Waals surface area contributed by atoms with E-state index in [1.165, 1.54) is 5.56 Å². The Balaban J connectivity index is 2.45. The number of carboxylic acids is 1. The smallest absolute Gasteiger partial charge is 0.311 e. The number of benzene rings is 1. The Bertz CT molecular complexity index is 636. The molecule has 1 heterocycles. The summed E-state index contributed by atoms with van der Waals surface area (Å²) in [7, 11) is 0. The van der Waals surface area contributed by atoms with Crippen molar-refractivity contribution in [3.8, 4) is 11.3 Å². The SMILES string of the molecule is Cc1ccc(C(C)C)cc1-c1ccnc(CC(=O)O)n1. The largest absolute Gasteiger partial charge is 0.481 e. The maximum atomic E-state index is 10.7. The summed E-state index contributed by atoms with van der Waals surface area (Å²) in [6.45, 7) is 6.31. The second kappa shape index (κ2) is 5.82. The normalized spacial score (nSPS) is 10.8. The lowest BCUT2D eigenvalue weighted by molar-refractivity contribution is -0.136. The van der Waals surface area contributed by atoms with E-state index in [4.69, 9.17) is 5.11 Å². The first-order valence-corrected chi connectivity index (χ1v) is 6.62. The number of carboxylic acid groups (broad SMARTS) is 1. The molecule has 104 valence electrons. The second-order valence-corrected chi connectivity index (χ2v) is 5.16. The molecule has 0 aliphatic carbocycles. The van der Waals surface area contributed by atoms with Gasteiger partial charge in [-0.1, -0.05) is 26.0 Å². The molecule has 1 aromatic heterocycles. The lowest BCUT2D eigenvalue weighted by atomic mass is 9.96. The average Bonchev–Trinajstić information content (AvgIpc) is 2.38.